The van der Waals surface area contributed by atoms with Crippen molar-refractivity contribution in [2.24, 2.45) is 0 Å². The Kier molecular flexibility index (Phi) is 7.82. The zero-order chi connectivity index (χ0) is 13.9. The van der Waals surface area contributed by atoms with E-state index < -0.39 is 0 Å². The van der Waals surface area contributed by atoms with Gasteiger partial charge in [0.2, 0.25) is 0 Å². The SMILES string of the molecule is CCOC(=O)CCCCCNC(C)c1ccccn1. The van der Waals surface area contributed by atoms with Crippen molar-refractivity contribution in [3.05, 3.63) is 30.1 Å². The Balaban J connectivity index is 2.03. The number of esters is 1. The molecule has 19 heavy (non-hydrogen) atoms. The molecular formula is C15H24N2O2. The van der Waals surface area contributed by atoms with E-state index in [0.29, 0.717) is 13.0 Å². The van der Waals surface area contributed by atoms with Gasteiger partial charge >= 0.3 is 5.97 Å². The molecule has 1 aromatic heterocycles. The van der Waals surface area contributed by atoms with Crippen LogP contribution < -0.4 is 5.32 Å². The number of carbonyl (C=O) groups is 1. The Bertz CT molecular complexity index is 354. The summed E-state index contributed by atoms with van der Waals surface area (Å²) in [5.41, 5.74) is 1.06. The molecule has 0 bridgehead atoms. The highest BCUT2D eigenvalue weighted by Gasteiger charge is 2.05. The smallest absolute Gasteiger partial charge is 0.305 e. The number of unbranched alkanes of at least 4 members (excludes halogenated alkanes) is 2. The van der Waals surface area contributed by atoms with Gasteiger partial charge in [-0.1, -0.05) is 12.5 Å². The molecule has 4 heteroatoms. The monoisotopic (exact) mass is 264 g/mol. The first kappa shape index (κ1) is 15.6. The van der Waals surface area contributed by atoms with Crippen molar-refractivity contribution in [3.8, 4) is 0 Å². The van der Waals surface area contributed by atoms with Gasteiger partial charge in [0.25, 0.3) is 0 Å². The second-order valence-electron chi connectivity index (χ2n) is 4.55. The van der Waals surface area contributed by atoms with Crippen LogP contribution in [0.25, 0.3) is 0 Å². The summed E-state index contributed by atoms with van der Waals surface area (Å²) in [5, 5.41) is 3.43. The lowest BCUT2D eigenvalue weighted by atomic mass is 10.1. The van der Waals surface area contributed by atoms with Crippen LogP contribution in [0.1, 0.15) is 51.3 Å². The molecule has 0 aliphatic heterocycles. The first-order chi connectivity index (χ1) is 9.24. The minimum absolute atomic E-state index is 0.0858. The normalized spacial score (nSPS) is 12.1. The largest absolute Gasteiger partial charge is 0.466 e. The lowest BCUT2D eigenvalue weighted by Crippen LogP contribution is -2.20. The summed E-state index contributed by atoms with van der Waals surface area (Å²) >= 11 is 0. The Morgan fingerprint density at radius 3 is 2.89 bits per heavy atom. The number of ether oxygens (including phenoxy) is 1. The van der Waals surface area contributed by atoms with Gasteiger partial charge in [-0.3, -0.25) is 9.78 Å². The second-order valence-corrected chi connectivity index (χ2v) is 4.55. The van der Waals surface area contributed by atoms with Crippen molar-refractivity contribution in [1.82, 2.24) is 10.3 Å². The molecule has 1 aromatic rings. The molecule has 1 atom stereocenters. The van der Waals surface area contributed by atoms with E-state index in [1.807, 2.05) is 31.3 Å². The fourth-order valence-electron chi connectivity index (χ4n) is 1.86. The molecule has 1 heterocycles. The molecule has 0 aliphatic rings. The lowest BCUT2D eigenvalue weighted by Gasteiger charge is -2.12. The fraction of sp³-hybridized carbons (Fsp3) is 0.600. The molecular weight excluding hydrogens is 240 g/mol. The van der Waals surface area contributed by atoms with E-state index in [2.05, 4.69) is 17.2 Å². The van der Waals surface area contributed by atoms with Crippen LogP contribution in [-0.2, 0) is 9.53 Å². The summed E-state index contributed by atoms with van der Waals surface area (Å²) in [6.07, 6.45) is 5.35. The maximum atomic E-state index is 11.1. The number of carbonyl (C=O) groups excluding carboxylic acids is 1. The highest BCUT2D eigenvalue weighted by Crippen LogP contribution is 2.08. The molecule has 4 nitrogen and oxygen atoms in total. The van der Waals surface area contributed by atoms with Crippen molar-refractivity contribution in [2.45, 2.75) is 45.6 Å². The van der Waals surface area contributed by atoms with Gasteiger partial charge < -0.3 is 10.1 Å². The van der Waals surface area contributed by atoms with Crippen molar-refractivity contribution >= 4 is 5.97 Å². The fourth-order valence-corrected chi connectivity index (χ4v) is 1.86. The topological polar surface area (TPSA) is 51.2 Å². The predicted molar refractivity (Wildman–Crippen MR) is 75.8 cm³/mol. The number of aromatic nitrogens is 1. The number of nitrogens with zero attached hydrogens (tertiary/aromatic N) is 1. The van der Waals surface area contributed by atoms with Crippen LogP contribution in [0.15, 0.2) is 24.4 Å². The van der Waals surface area contributed by atoms with Gasteiger partial charge in [0.1, 0.15) is 0 Å². The summed E-state index contributed by atoms with van der Waals surface area (Å²) < 4.78 is 4.88. The van der Waals surface area contributed by atoms with Gasteiger partial charge in [0, 0.05) is 18.7 Å². The van der Waals surface area contributed by atoms with Gasteiger partial charge in [-0.25, -0.2) is 0 Å². The maximum Gasteiger partial charge on any atom is 0.305 e. The van der Waals surface area contributed by atoms with Crippen LogP contribution in [0.5, 0.6) is 0 Å². The number of hydrogen-bond donors (Lipinski definition) is 1. The van der Waals surface area contributed by atoms with E-state index in [9.17, 15) is 4.79 Å². The summed E-state index contributed by atoms with van der Waals surface area (Å²) in [4.78, 5) is 15.4. The highest BCUT2D eigenvalue weighted by molar-refractivity contribution is 5.69. The molecule has 0 amide bonds. The van der Waals surface area contributed by atoms with Crippen LogP contribution in [0, 0.1) is 0 Å². The van der Waals surface area contributed by atoms with Crippen molar-refractivity contribution in [3.63, 3.8) is 0 Å². The molecule has 0 aromatic carbocycles. The van der Waals surface area contributed by atoms with Gasteiger partial charge in [0.15, 0.2) is 0 Å². The maximum absolute atomic E-state index is 11.1. The van der Waals surface area contributed by atoms with E-state index in [0.717, 1.165) is 31.5 Å². The van der Waals surface area contributed by atoms with Crippen LogP contribution in [0.3, 0.4) is 0 Å². The zero-order valence-electron chi connectivity index (χ0n) is 11.9. The summed E-state index contributed by atoms with van der Waals surface area (Å²) in [7, 11) is 0. The molecule has 0 radical (unpaired) electrons. The number of pyridine rings is 1. The standard InChI is InChI=1S/C15H24N2O2/c1-3-19-15(18)10-5-4-7-11-16-13(2)14-9-6-8-12-17-14/h6,8-9,12-13,16H,3-5,7,10-11H2,1-2H3. The summed E-state index contributed by atoms with van der Waals surface area (Å²) in [6, 6.07) is 6.22. The quantitative estimate of drug-likeness (QED) is 0.550. The average Bonchev–Trinajstić information content (AvgIpc) is 2.43. The van der Waals surface area contributed by atoms with E-state index in [-0.39, 0.29) is 12.0 Å². The third kappa shape index (κ3) is 6.91. The number of hydrogen-bond acceptors (Lipinski definition) is 4. The van der Waals surface area contributed by atoms with E-state index in [4.69, 9.17) is 4.74 Å². The van der Waals surface area contributed by atoms with E-state index in [1.165, 1.54) is 0 Å². The Morgan fingerprint density at radius 2 is 2.21 bits per heavy atom. The van der Waals surface area contributed by atoms with Crippen LogP contribution in [0.4, 0.5) is 0 Å². The number of rotatable bonds is 9. The summed E-state index contributed by atoms with van der Waals surface area (Å²) in [5.74, 6) is -0.0858. The Morgan fingerprint density at radius 1 is 1.37 bits per heavy atom. The lowest BCUT2D eigenvalue weighted by molar-refractivity contribution is -0.143. The predicted octanol–water partition coefficient (Wildman–Crippen LogP) is 2.86. The molecule has 0 aliphatic carbocycles. The zero-order valence-corrected chi connectivity index (χ0v) is 11.9. The minimum atomic E-state index is -0.0858. The number of nitrogens with one attached hydrogen (secondary N) is 1. The first-order valence-electron chi connectivity index (χ1n) is 7.04. The van der Waals surface area contributed by atoms with Gasteiger partial charge in [-0.15, -0.1) is 0 Å². The third-order valence-corrected chi connectivity index (χ3v) is 2.94. The molecule has 106 valence electrons. The second kappa shape index (κ2) is 9.50. The molecule has 1 unspecified atom stereocenters. The molecule has 0 fully saturated rings. The van der Waals surface area contributed by atoms with E-state index >= 15 is 0 Å². The molecule has 0 spiro atoms. The van der Waals surface area contributed by atoms with Crippen molar-refractivity contribution in [1.29, 1.82) is 0 Å². The van der Waals surface area contributed by atoms with Gasteiger partial charge in [-0.05, 0) is 45.4 Å². The summed E-state index contributed by atoms with van der Waals surface area (Å²) in [6.45, 7) is 5.37. The van der Waals surface area contributed by atoms with Crippen molar-refractivity contribution in [2.75, 3.05) is 13.2 Å². The first-order valence-corrected chi connectivity index (χ1v) is 7.04. The minimum Gasteiger partial charge on any atom is -0.466 e. The third-order valence-electron chi connectivity index (χ3n) is 2.94. The average molecular weight is 264 g/mol. The van der Waals surface area contributed by atoms with Gasteiger partial charge in [-0.2, -0.15) is 0 Å². The van der Waals surface area contributed by atoms with Crippen molar-refractivity contribution < 1.29 is 9.53 Å². The van der Waals surface area contributed by atoms with Crippen LogP contribution in [0.2, 0.25) is 0 Å². The molecule has 0 saturated heterocycles. The van der Waals surface area contributed by atoms with E-state index in [1.54, 1.807) is 0 Å². The molecule has 1 N–H and O–H groups in total. The molecule has 0 saturated carbocycles. The van der Waals surface area contributed by atoms with Gasteiger partial charge in [0.05, 0.1) is 12.3 Å². The molecule has 1 rings (SSSR count). The Labute approximate surface area is 115 Å². The van der Waals surface area contributed by atoms with Crippen LogP contribution >= 0.6 is 0 Å². The van der Waals surface area contributed by atoms with Crippen LogP contribution in [-0.4, -0.2) is 24.1 Å². The highest BCUT2D eigenvalue weighted by atomic mass is 16.5. The Hall–Kier alpha value is -1.42.